The van der Waals surface area contributed by atoms with Crippen molar-refractivity contribution in [2.75, 3.05) is 26.2 Å². The fourth-order valence-corrected chi connectivity index (χ4v) is 1.57. The van der Waals surface area contributed by atoms with Gasteiger partial charge in [-0.25, -0.2) is 0 Å². The maximum absolute atomic E-state index is 11.0. The number of amides is 1. The van der Waals surface area contributed by atoms with Crippen molar-refractivity contribution in [2.24, 2.45) is 0 Å². The lowest BCUT2D eigenvalue weighted by Gasteiger charge is -2.36. The molecule has 1 unspecified atom stereocenters. The maximum atomic E-state index is 11.0. The van der Waals surface area contributed by atoms with Gasteiger partial charge in [-0.2, -0.15) is 0 Å². The average molecular weight is 200 g/mol. The van der Waals surface area contributed by atoms with Gasteiger partial charge < -0.3 is 9.64 Å². The van der Waals surface area contributed by atoms with E-state index in [-0.39, 0.29) is 12.1 Å². The Balaban J connectivity index is 2.34. The summed E-state index contributed by atoms with van der Waals surface area (Å²) in [5.41, 5.74) is 0. The highest BCUT2D eigenvalue weighted by Crippen LogP contribution is 2.06. The highest BCUT2D eigenvalue weighted by atomic mass is 16.5. The topological polar surface area (TPSA) is 49.9 Å². The van der Waals surface area contributed by atoms with Crippen LogP contribution in [0, 0.1) is 0 Å². The van der Waals surface area contributed by atoms with E-state index in [4.69, 9.17) is 4.74 Å². The third-order valence-corrected chi connectivity index (χ3v) is 2.53. The molecule has 0 bridgehead atoms. The number of piperazine rings is 1. The van der Waals surface area contributed by atoms with Crippen molar-refractivity contribution in [2.45, 2.75) is 20.1 Å². The molecule has 1 rings (SSSR count). The molecule has 80 valence electrons. The van der Waals surface area contributed by atoms with Gasteiger partial charge in [0.1, 0.15) is 0 Å². The molecule has 0 spiro atoms. The predicted molar refractivity (Wildman–Crippen MR) is 50.4 cm³/mol. The van der Waals surface area contributed by atoms with Crippen LogP contribution < -0.4 is 0 Å². The Hall–Kier alpha value is -1.10. The molecule has 0 aliphatic carbocycles. The second kappa shape index (κ2) is 4.95. The van der Waals surface area contributed by atoms with E-state index in [1.165, 1.54) is 0 Å². The van der Waals surface area contributed by atoms with Crippen LogP contribution in [0.2, 0.25) is 0 Å². The molecule has 14 heavy (non-hydrogen) atoms. The molecule has 1 aliphatic rings. The van der Waals surface area contributed by atoms with Crippen LogP contribution in [0.25, 0.3) is 0 Å². The van der Waals surface area contributed by atoms with Crippen LogP contribution in [0.15, 0.2) is 0 Å². The van der Waals surface area contributed by atoms with E-state index in [1.807, 2.05) is 11.8 Å². The minimum atomic E-state index is -0.193. The molecule has 5 nitrogen and oxygen atoms in total. The summed E-state index contributed by atoms with van der Waals surface area (Å²) < 4.78 is 4.82. The van der Waals surface area contributed by atoms with E-state index >= 15 is 0 Å². The molecule has 0 aromatic carbocycles. The van der Waals surface area contributed by atoms with Crippen molar-refractivity contribution in [3.05, 3.63) is 0 Å². The lowest BCUT2D eigenvalue weighted by molar-refractivity contribution is -0.146. The van der Waals surface area contributed by atoms with Crippen LogP contribution in [0.1, 0.15) is 13.8 Å². The number of rotatable bonds is 3. The normalized spacial score (nSPS) is 20.3. The van der Waals surface area contributed by atoms with E-state index in [9.17, 15) is 9.59 Å². The molecule has 1 aliphatic heterocycles. The predicted octanol–water partition coefficient (Wildman–Crippen LogP) is -0.330. The van der Waals surface area contributed by atoms with E-state index in [1.54, 1.807) is 11.8 Å². The van der Waals surface area contributed by atoms with Crippen molar-refractivity contribution in [1.29, 1.82) is 0 Å². The SMILES string of the molecule is CC(=O)N1CCN(C(C)OC=O)CC1. The fraction of sp³-hybridized carbons (Fsp3) is 0.778. The van der Waals surface area contributed by atoms with Crippen LogP contribution in [-0.4, -0.2) is 54.6 Å². The first-order valence-electron chi connectivity index (χ1n) is 4.74. The van der Waals surface area contributed by atoms with Crippen LogP contribution in [0.3, 0.4) is 0 Å². The molecule has 5 heteroatoms. The average Bonchev–Trinajstić information content (AvgIpc) is 2.18. The summed E-state index contributed by atoms with van der Waals surface area (Å²) in [6.07, 6.45) is -0.193. The van der Waals surface area contributed by atoms with Gasteiger partial charge in [0, 0.05) is 33.1 Å². The number of nitrogens with zero attached hydrogens (tertiary/aromatic N) is 2. The van der Waals surface area contributed by atoms with Crippen molar-refractivity contribution in [3.63, 3.8) is 0 Å². The van der Waals surface area contributed by atoms with Gasteiger partial charge in [-0.1, -0.05) is 0 Å². The Bertz CT molecular complexity index is 212. The second-order valence-electron chi connectivity index (χ2n) is 3.37. The molecule has 0 N–H and O–H groups in total. The standard InChI is InChI=1S/C9H16N2O3/c1-8(13)10-3-5-11(6-4-10)9(2)14-7-12/h7,9H,3-6H2,1-2H3. The molecule has 1 saturated heterocycles. The number of hydrogen-bond donors (Lipinski definition) is 0. The Morgan fingerprint density at radius 1 is 1.36 bits per heavy atom. The first-order chi connectivity index (χ1) is 6.65. The quantitative estimate of drug-likeness (QED) is 0.585. The van der Waals surface area contributed by atoms with Crippen LogP contribution in [-0.2, 0) is 14.3 Å². The molecule has 1 amide bonds. The molecule has 0 aromatic heterocycles. The summed E-state index contributed by atoms with van der Waals surface area (Å²) in [7, 11) is 0. The van der Waals surface area contributed by atoms with E-state index < -0.39 is 0 Å². The molecular weight excluding hydrogens is 184 g/mol. The van der Waals surface area contributed by atoms with Gasteiger partial charge in [0.15, 0.2) is 6.23 Å². The highest BCUT2D eigenvalue weighted by molar-refractivity contribution is 5.73. The molecule has 0 aromatic rings. The van der Waals surface area contributed by atoms with Gasteiger partial charge in [-0.15, -0.1) is 0 Å². The number of ether oxygens (including phenoxy) is 1. The third kappa shape index (κ3) is 2.70. The molecular formula is C9H16N2O3. The highest BCUT2D eigenvalue weighted by Gasteiger charge is 2.22. The van der Waals surface area contributed by atoms with Gasteiger partial charge >= 0.3 is 0 Å². The van der Waals surface area contributed by atoms with Crippen molar-refractivity contribution < 1.29 is 14.3 Å². The molecule has 1 atom stereocenters. The molecule has 1 fully saturated rings. The van der Waals surface area contributed by atoms with Gasteiger partial charge in [0.25, 0.3) is 6.47 Å². The molecule has 1 heterocycles. The largest absolute Gasteiger partial charge is 0.449 e. The van der Waals surface area contributed by atoms with Crippen LogP contribution in [0.4, 0.5) is 0 Å². The summed E-state index contributed by atoms with van der Waals surface area (Å²) in [4.78, 5) is 25.0. The number of hydrogen-bond acceptors (Lipinski definition) is 4. The zero-order valence-corrected chi connectivity index (χ0v) is 8.60. The van der Waals surface area contributed by atoms with Gasteiger partial charge in [-0.3, -0.25) is 14.5 Å². The Morgan fingerprint density at radius 2 is 1.93 bits per heavy atom. The summed E-state index contributed by atoms with van der Waals surface area (Å²) in [5, 5.41) is 0. The maximum Gasteiger partial charge on any atom is 0.294 e. The third-order valence-electron chi connectivity index (χ3n) is 2.53. The fourth-order valence-electron chi connectivity index (χ4n) is 1.57. The van der Waals surface area contributed by atoms with Crippen molar-refractivity contribution >= 4 is 12.4 Å². The van der Waals surface area contributed by atoms with Crippen LogP contribution in [0.5, 0.6) is 0 Å². The van der Waals surface area contributed by atoms with Gasteiger partial charge in [0.2, 0.25) is 5.91 Å². The first-order valence-corrected chi connectivity index (χ1v) is 4.74. The summed E-state index contributed by atoms with van der Waals surface area (Å²) in [6, 6.07) is 0. The molecule has 0 saturated carbocycles. The van der Waals surface area contributed by atoms with Gasteiger partial charge in [-0.05, 0) is 6.92 Å². The zero-order chi connectivity index (χ0) is 10.6. The minimum Gasteiger partial charge on any atom is -0.449 e. The Kier molecular flexibility index (Phi) is 3.88. The molecule has 0 radical (unpaired) electrons. The summed E-state index contributed by atoms with van der Waals surface area (Å²) in [5.74, 6) is 0.105. The second-order valence-corrected chi connectivity index (χ2v) is 3.37. The lowest BCUT2D eigenvalue weighted by atomic mass is 10.3. The smallest absolute Gasteiger partial charge is 0.294 e. The lowest BCUT2D eigenvalue weighted by Crippen LogP contribution is -2.51. The zero-order valence-electron chi connectivity index (χ0n) is 8.60. The number of carbonyl (C=O) groups excluding carboxylic acids is 2. The Labute approximate surface area is 83.6 Å². The number of carbonyl (C=O) groups is 2. The van der Waals surface area contributed by atoms with Gasteiger partial charge in [0.05, 0.1) is 0 Å². The first kappa shape index (κ1) is 11.0. The van der Waals surface area contributed by atoms with Crippen molar-refractivity contribution in [1.82, 2.24) is 9.80 Å². The van der Waals surface area contributed by atoms with Crippen molar-refractivity contribution in [3.8, 4) is 0 Å². The van der Waals surface area contributed by atoms with E-state index in [0.29, 0.717) is 19.6 Å². The summed E-state index contributed by atoms with van der Waals surface area (Å²) in [6.45, 7) is 6.80. The van der Waals surface area contributed by atoms with E-state index in [0.717, 1.165) is 13.1 Å². The van der Waals surface area contributed by atoms with E-state index in [2.05, 4.69) is 0 Å². The van der Waals surface area contributed by atoms with Crippen LogP contribution >= 0.6 is 0 Å². The Morgan fingerprint density at radius 3 is 2.36 bits per heavy atom. The monoisotopic (exact) mass is 200 g/mol. The summed E-state index contributed by atoms with van der Waals surface area (Å²) >= 11 is 0. The minimum absolute atomic E-state index is 0.105.